The van der Waals surface area contributed by atoms with Gasteiger partial charge in [-0.15, -0.1) is 22.7 Å². The number of hydrogen-bond acceptors (Lipinski definition) is 6. The first-order valence-corrected chi connectivity index (χ1v) is 9.95. The van der Waals surface area contributed by atoms with E-state index in [2.05, 4.69) is 10.4 Å². The lowest BCUT2D eigenvalue weighted by Gasteiger charge is -2.18. The van der Waals surface area contributed by atoms with Gasteiger partial charge in [-0.3, -0.25) is 20.6 Å². The highest BCUT2D eigenvalue weighted by atomic mass is 32.1. The number of amidine groups is 1. The first-order valence-electron chi connectivity index (χ1n) is 8.19. The van der Waals surface area contributed by atoms with Gasteiger partial charge in [0.15, 0.2) is 5.84 Å². The zero-order chi connectivity index (χ0) is 19.0. The smallest absolute Gasteiger partial charge is 0.279 e. The minimum atomic E-state index is -0.303. The van der Waals surface area contributed by atoms with E-state index in [1.807, 2.05) is 41.9 Å². The largest absolute Gasteiger partial charge is 0.509 e. The number of aryl methyl sites for hydroxylation is 1. The average Bonchev–Trinajstić information content (AvgIpc) is 3.38. The summed E-state index contributed by atoms with van der Waals surface area (Å²) < 4.78 is 0. The van der Waals surface area contributed by atoms with E-state index >= 15 is 0 Å². The standard InChI is InChI=1S/C19H16N4O2S2/c1-11-4-6-12(7-5-11)13-10-27-19(21-13)16-14(24)9-23(17(16)20)22-18(25)15-3-2-8-26-15/h2-8,10,20,24H,9H2,1H3,(H,22,25). The van der Waals surface area contributed by atoms with Crippen LogP contribution in [0.1, 0.15) is 20.2 Å². The van der Waals surface area contributed by atoms with Crippen molar-refractivity contribution in [1.29, 1.82) is 5.41 Å². The molecule has 1 aromatic carbocycles. The summed E-state index contributed by atoms with van der Waals surface area (Å²) in [5.74, 6) is -0.248. The van der Waals surface area contributed by atoms with Crippen molar-refractivity contribution in [3.05, 3.63) is 68.4 Å². The minimum Gasteiger partial charge on any atom is -0.509 e. The fraction of sp³-hybridized carbons (Fsp3) is 0.105. The highest BCUT2D eigenvalue weighted by Gasteiger charge is 2.31. The van der Waals surface area contributed by atoms with E-state index in [1.54, 1.807) is 12.1 Å². The molecule has 1 aliphatic rings. The third kappa shape index (κ3) is 3.36. The summed E-state index contributed by atoms with van der Waals surface area (Å²) in [7, 11) is 0. The molecule has 136 valence electrons. The van der Waals surface area contributed by atoms with Gasteiger partial charge in [0.25, 0.3) is 5.91 Å². The Bertz CT molecular complexity index is 1040. The van der Waals surface area contributed by atoms with Crippen molar-refractivity contribution in [2.24, 2.45) is 0 Å². The monoisotopic (exact) mass is 396 g/mol. The van der Waals surface area contributed by atoms with Crippen molar-refractivity contribution in [1.82, 2.24) is 15.4 Å². The predicted molar refractivity (Wildman–Crippen MR) is 108 cm³/mol. The Hall–Kier alpha value is -2.97. The summed E-state index contributed by atoms with van der Waals surface area (Å²) in [4.78, 5) is 17.3. The number of aliphatic hydroxyl groups is 1. The van der Waals surface area contributed by atoms with Crippen LogP contribution in [0.15, 0.2) is 52.9 Å². The number of thiazole rings is 1. The van der Waals surface area contributed by atoms with Crippen LogP contribution in [0.3, 0.4) is 0 Å². The van der Waals surface area contributed by atoms with E-state index in [0.29, 0.717) is 15.5 Å². The van der Waals surface area contributed by atoms with Crippen LogP contribution in [-0.4, -0.2) is 33.4 Å². The fourth-order valence-corrected chi connectivity index (χ4v) is 4.24. The van der Waals surface area contributed by atoms with Gasteiger partial charge < -0.3 is 5.11 Å². The molecule has 3 heterocycles. The molecule has 0 unspecified atom stereocenters. The number of thiophene rings is 1. The van der Waals surface area contributed by atoms with Crippen molar-refractivity contribution in [3.8, 4) is 11.3 Å². The number of carbonyl (C=O) groups is 1. The molecule has 1 amide bonds. The van der Waals surface area contributed by atoms with Crippen LogP contribution in [0.25, 0.3) is 16.8 Å². The molecule has 2 aromatic heterocycles. The van der Waals surface area contributed by atoms with Crippen molar-refractivity contribution in [2.45, 2.75) is 6.92 Å². The number of hydrogen-bond donors (Lipinski definition) is 3. The molecule has 0 spiro atoms. The summed E-state index contributed by atoms with van der Waals surface area (Å²) in [5.41, 5.74) is 5.96. The van der Waals surface area contributed by atoms with Gasteiger partial charge in [-0.2, -0.15) is 0 Å². The molecule has 3 N–H and O–H groups in total. The molecule has 27 heavy (non-hydrogen) atoms. The van der Waals surface area contributed by atoms with Gasteiger partial charge in [0.05, 0.1) is 22.7 Å². The molecule has 4 rings (SSSR count). The summed E-state index contributed by atoms with van der Waals surface area (Å²) in [6.07, 6.45) is 0. The lowest BCUT2D eigenvalue weighted by atomic mass is 10.1. The van der Waals surface area contributed by atoms with E-state index < -0.39 is 0 Å². The highest BCUT2D eigenvalue weighted by Crippen LogP contribution is 2.31. The van der Waals surface area contributed by atoms with Gasteiger partial charge in [-0.05, 0) is 18.4 Å². The third-order valence-electron chi connectivity index (χ3n) is 4.15. The highest BCUT2D eigenvalue weighted by molar-refractivity contribution is 7.12. The first kappa shape index (κ1) is 17.4. The maximum absolute atomic E-state index is 12.2. The maximum atomic E-state index is 12.2. The lowest BCUT2D eigenvalue weighted by molar-refractivity contribution is 0.0879. The Morgan fingerprint density at radius 3 is 2.74 bits per heavy atom. The van der Waals surface area contributed by atoms with Crippen LogP contribution >= 0.6 is 22.7 Å². The van der Waals surface area contributed by atoms with Gasteiger partial charge in [0.1, 0.15) is 10.8 Å². The van der Waals surface area contributed by atoms with E-state index in [1.165, 1.54) is 33.2 Å². The van der Waals surface area contributed by atoms with Crippen LogP contribution in [0.2, 0.25) is 0 Å². The first-order chi connectivity index (χ1) is 13.0. The molecular weight excluding hydrogens is 380 g/mol. The normalized spacial score (nSPS) is 14.1. The van der Waals surface area contributed by atoms with Gasteiger partial charge in [0, 0.05) is 10.9 Å². The Labute approximate surface area is 163 Å². The molecule has 0 saturated carbocycles. The molecule has 3 aromatic rings. The molecule has 8 heteroatoms. The molecule has 6 nitrogen and oxygen atoms in total. The van der Waals surface area contributed by atoms with Crippen molar-refractivity contribution < 1.29 is 9.90 Å². The molecule has 1 aliphatic heterocycles. The van der Waals surface area contributed by atoms with Gasteiger partial charge in [0.2, 0.25) is 0 Å². The summed E-state index contributed by atoms with van der Waals surface area (Å²) in [6.45, 7) is 2.07. The molecule has 0 fully saturated rings. The van der Waals surface area contributed by atoms with Gasteiger partial charge >= 0.3 is 0 Å². The van der Waals surface area contributed by atoms with E-state index in [0.717, 1.165) is 11.3 Å². The van der Waals surface area contributed by atoms with E-state index in [4.69, 9.17) is 5.41 Å². The van der Waals surface area contributed by atoms with E-state index in [9.17, 15) is 9.90 Å². The van der Waals surface area contributed by atoms with Crippen LogP contribution in [0.5, 0.6) is 0 Å². The number of rotatable bonds is 4. The van der Waals surface area contributed by atoms with Crippen LogP contribution in [0.4, 0.5) is 0 Å². The number of aromatic nitrogens is 1. The summed E-state index contributed by atoms with van der Waals surface area (Å²) in [5, 5.41) is 24.3. The Kier molecular flexibility index (Phi) is 4.51. The molecule has 0 atom stereocenters. The Balaban J connectivity index is 1.54. The third-order valence-corrected chi connectivity index (χ3v) is 5.88. The van der Waals surface area contributed by atoms with Gasteiger partial charge in [-0.1, -0.05) is 35.9 Å². The quantitative estimate of drug-likeness (QED) is 0.620. The number of nitrogens with zero attached hydrogens (tertiary/aromatic N) is 2. The molecular formula is C19H16N4O2S2. The fourth-order valence-electron chi connectivity index (χ4n) is 2.73. The number of benzene rings is 1. The topological polar surface area (TPSA) is 89.3 Å². The number of hydrazine groups is 1. The lowest BCUT2D eigenvalue weighted by Crippen LogP contribution is -2.43. The summed E-state index contributed by atoms with van der Waals surface area (Å²) in [6, 6.07) is 11.5. The Morgan fingerprint density at radius 2 is 2.04 bits per heavy atom. The second-order valence-corrected chi connectivity index (χ2v) is 7.88. The van der Waals surface area contributed by atoms with Crippen LogP contribution < -0.4 is 5.43 Å². The number of nitrogens with one attached hydrogen (secondary N) is 2. The zero-order valence-corrected chi connectivity index (χ0v) is 16.0. The number of amides is 1. The number of aliphatic hydroxyl groups excluding tert-OH is 1. The SMILES string of the molecule is Cc1ccc(-c2csc(C3=C(O)CN(NC(=O)c4cccs4)C3=N)n2)cc1. The average molecular weight is 396 g/mol. The summed E-state index contributed by atoms with van der Waals surface area (Å²) >= 11 is 2.68. The van der Waals surface area contributed by atoms with Crippen molar-refractivity contribution in [2.75, 3.05) is 6.54 Å². The zero-order valence-electron chi connectivity index (χ0n) is 14.4. The minimum absolute atomic E-state index is 0.0243. The van der Waals surface area contributed by atoms with Crippen LogP contribution in [-0.2, 0) is 0 Å². The van der Waals surface area contributed by atoms with Crippen molar-refractivity contribution in [3.63, 3.8) is 0 Å². The van der Waals surface area contributed by atoms with Crippen LogP contribution in [0, 0.1) is 12.3 Å². The molecule has 0 aliphatic carbocycles. The molecule has 0 saturated heterocycles. The molecule has 0 bridgehead atoms. The second kappa shape index (κ2) is 6.98. The Morgan fingerprint density at radius 1 is 1.26 bits per heavy atom. The van der Waals surface area contributed by atoms with Gasteiger partial charge in [-0.25, -0.2) is 4.98 Å². The van der Waals surface area contributed by atoms with Crippen molar-refractivity contribution >= 4 is 40.0 Å². The van der Waals surface area contributed by atoms with E-state index in [-0.39, 0.29) is 24.0 Å². The second-order valence-electron chi connectivity index (χ2n) is 6.08. The number of carbonyl (C=O) groups excluding carboxylic acids is 1. The molecule has 0 radical (unpaired) electrons. The predicted octanol–water partition coefficient (Wildman–Crippen LogP) is 4.09. The maximum Gasteiger partial charge on any atom is 0.279 e.